The van der Waals surface area contributed by atoms with Gasteiger partial charge in [0.1, 0.15) is 0 Å². The highest BCUT2D eigenvalue weighted by Crippen LogP contribution is 2.55. The average Bonchev–Trinajstić information content (AvgIpc) is 2.55. The van der Waals surface area contributed by atoms with Crippen molar-refractivity contribution in [1.29, 1.82) is 0 Å². The monoisotopic (exact) mass is 169 g/mol. The normalized spacial score (nSPS) is 34.2. The summed E-state index contributed by atoms with van der Waals surface area (Å²) in [5, 5.41) is 3.44. The molecule has 2 unspecified atom stereocenters. The zero-order valence-electron chi connectivity index (χ0n) is 8.98. The van der Waals surface area contributed by atoms with Crippen LogP contribution in [0.2, 0.25) is 0 Å². The Labute approximate surface area is 76.9 Å². The Balaban J connectivity index is 2.19. The van der Waals surface area contributed by atoms with Gasteiger partial charge in [0, 0.05) is 0 Å². The predicted molar refractivity (Wildman–Crippen MR) is 54.2 cm³/mol. The van der Waals surface area contributed by atoms with Crippen LogP contribution in [0.5, 0.6) is 0 Å². The van der Waals surface area contributed by atoms with E-state index in [0.717, 1.165) is 18.4 Å². The maximum atomic E-state index is 3.44. The first-order valence-corrected chi connectivity index (χ1v) is 5.29. The molecule has 12 heavy (non-hydrogen) atoms. The third-order valence-electron chi connectivity index (χ3n) is 3.05. The van der Waals surface area contributed by atoms with E-state index in [4.69, 9.17) is 0 Å². The molecule has 1 rings (SSSR count). The van der Waals surface area contributed by atoms with E-state index < -0.39 is 0 Å². The summed E-state index contributed by atoms with van der Waals surface area (Å²) in [6.07, 6.45) is 2.85. The first kappa shape index (κ1) is 10.0. The van der Waals surface area contributed by atoms with Crippen LogP contribution in [-0.2, 0) is 0 Å². The van der Waals surface area contributed by atoms with Crippen molar-refractivity contribution in [2.75, 3.05) is 13.1 Å². The molecule has 0 aliphatic heterocycles. The SMILES string of the molecule is CCNCC1CC1(C)CC(C)C. The highest BCUT2D eigenvalue weighted by atomic mass is 14.9. The van der Waals surface area contributed by atoms with E-state index >= 15 is 0 Å². The molecule has 2 atom stereocenters. The Bertz CT molecular complexity index is 142. The molecule has 1 heteroatoms. The summed E-state index contributed by atoms with van der Waals surface area (Å²) < 4.78 is 0. The molecule has 1 fully saturated rings. The summed E-state index contributed by atoms with van der Waals surface area (Å²) in [6.45, 7) is 11.6. The zero-order valence-corrected chi connectivity index (χ0v) is 8.98. The minimum Gasteiger partial charge on any atom is -0.317 e. The predicted octanol–water partition coefficient (Wildman–Crippen LogP) is 2.67. The van der Waals surface area contributed by atoms with Crippen molar-refractivity contribution in [2.24, 2.45) is 17.3 Å². The molecule has 0 saturated heterocycles. The molecule has 0 aromatic heterocycles. The van der Waals surface area contributed by atoms with Gasteiger partial charge in [0.15, 0.2) is 0 Å². The highest BCUT2D eigenvalue weighted by Gasteiger charge is 2.48. The third-order valence-corrected chi connectivity index (χ3v) is 3.05. The maximum Gasteiger partial charge on any atom is -0.00152 e. The van der Waals surface area contributed by atoms with Crippen molar-refractivity contribution in [1.82, 2.24) is 5.32 Å². The summed E-state index contributed by atoms with van der Waals surface area (Å²) >= 11 is 0. The molecule has 0 amide bonds. The molecule has 72 valence electrons. The Kier molecular flexibility index (Phi) is 3.16. The van der Waals surface area contributed by atoms with E-state index in [9.17, 15) is 0 Å². The quantitative estimate of drug-likeness (QED) is 0.667. The number of rotatable bonds is 5. The molecule has 0 heterocycles. The topological polar surface area (TPSA) is 12.0 Å². The molecule has 1 nitrogen and oxygen atoms in total. The highest BCUT2D eigenvalue weighted by molar-refractivity contribution is 4.99. The number of hydrogen-bond donors (Lipinski definition) is 1. The van der Waals surface area contributed by atoms with E-state index in [1.165, 1.54) is 19.4 Å². The van der Waals surface area contributed by atoms with Gasteiger partial charge in [0.05, 0.1) is 0 Å². The lowest BCUT2D eigenvalue weighted by molar-refractivity contribution is 0.381. The van der Waals surface area contributed by atoms with Crippen LogP contribution in [0, 0.1) is 17.3 Å². The van der Waals surface area contributed by atoms with E-state index in [2.05, 4.69) is 33.0 Å². The summed E-state index contributed by atoms with van der Waals surface area (Å²) in [6, 6.07) is 0. The minimum atomic E-state index is 0.677. The van der Waals surface area contributed by atoms with Crippen LogP contribution in [0.1, 0.15) is 40.5 Å². The largest absolute Gasteiger partial charge is 0.317 e. The lowest BCUT2D eigenvalue weighted by Crippen LogP contribution is -2.18. The fourth-order valence-electron chi connectivity index (χ4n) is 2.32. The fourth-order valence-corrected chi connectivity index (χ4v) is 2.32. The molecule has 1 aliphatic carbocycles. The van der Waals surface area contributed by atoms with Crippen LogP contribution in [-0.4, -0.2) is 13.1 Å². The number of hydrogen-bond acceptors (Lipinski definition) is 1. The standard InChI is InChI=1S/C11H23N/c1-5-12-8-10-7-11(10,4)6-9(2)3/h9-10,12H,5-8H2,1-4H3. The summed E-state index contributed by atoms with van der Waals surface area (Å²) in [4.78, 5) is 0. The molecule has 1 aliphatic rings. The number of nitrogens with one attached hydrogen (secondary N) is 1. The van der Waals surface area contributed by atoms with E-state index in [0.29, 0.717) is 5.41 Å². The zero-order chi connectivity index (χ0) is 9.19. The first-order chi connectivity index (χ1) is 5.58. The fraction of sp³-hybridized carbons (Fsp3) is 1.00. The van der Waals surface area contributed by atoms with E-state index in [1.54, 1.807) is 0 Å². The van der Waals surface area contributed by atoms with Gasteiger partial charge in [-0.1, -0.05) is 27.7 Å². The van der Waals surface area contributed by atoms with Crippen LogP contribution < -0.4 is 5.32 Å². The molecule has 0 aromatic rings. The van der Waals surface area contributed by atoms with Crippen LogP contribution >= 0.6 is 0 Å². The average molecular weight is 169 g/mol. The van der Waals surface area contributed by atoms with Gasteiger partial charge in [-0.05, 0) is 43.2 Å². The van der Waals surface area contributed by atoms with Crippen LogP contribution in [0.15, 0.2) is 0 Å². The van der Waals surface area contributed by atoms with E-state index in [-0.39, 0.29) is 0 Å². The van der Waals surface area contributed by atoms with Gasteiger partial charge < -0.3 is 5.32 Å². The van der Waals surface area contributed by atoms with Crippen LogP contribution in [0.4, 0.5) is 0 Å². The molecule has 1 N–H and O–H groups in total. The van der Waals surface area contributed by atoms with Crippen molar-refractivity contribution >= 4 is 0 Å². The molecule has 0 radical (unpaired) electrons. The molecule has 0 spiro atoms. The minimum absolute atomic E-state index is 0.677. The second-order valence-corrected chi connectivity index (χ2v) is 4.96. The van der Waals surface area contributed by atoms with Crippen LogP contribution in [0.25, 0.3) is 0 Å². The Morgan fingerprint density at radius 2 is 2.17 bits per heavy atom. The summed E-state index contributed by atoms with van der Waals surface area (Å²) in [5.41, 5.74) is 0.677. The van der Waals surface area contributed by atoms with Gasteiger partial charge in [-0.2, -0.15) is 0 Å². The molecular weight excluding hydrogens is 146 g/mol. The van der Waals surface area contributed by atoms with Gasteiger partial charge in [0.25, 0.3) is 0 Å². The van der Waals surface area contributed by atoms with Gasteiger partial charge in [-0.15, -0.1) is 0 Å². The van der Waals surface area contributed by atoms with Crippen molar-refractivity contribution in [3.63, 3.8) is 0 Å². The van der Waals surface area contributed by atoms with Gasteiger partial charge in [-0.3, -0.25) is 0 Å². The smallest absolute Gasteiger partial charge is 0.00152 e. The van der Waals surface area contributed by atoms with Crippen LogP contribution in [0.3, 0.4) is 0 Å². The lowest BCUT2D eigenvalue weighted by atomic mass is 9.94. The second-order valence-electron chi connectivity index (χ2n) is 4.96. The Morgan fingerprint density at radius 3 is 2.67 bits per heavy atom. The van der Waals surface area contributed by atoms with Crippen molar-refractivity contribution in [3.8, 4) is 0 Å². The van der Waals surface area contributed by atoms with Gasteiger partial charge in [0.2, 0.25) is 0 Å². The Morgan fingerprint density at radius 1 is 1.50 bits per heavy atom. The molecular formula is C11H23N. The summed E-state index contributed by atoms with van der Waals surface area (Å²) in [5.74, 6) is 1.82. The summed E-state index contributed by atoms with van der Waals surface area (Å²) in [7, 11) is 0. The van der Waals surface area contributed by atoms with Gasteiger partial charge in [-0.25, -0.2) is 0 Å². The van der Waals surface area contributed by atoms with E-state index in [1.807, 2.05) is 0 Å². The molecule has 0 bridgehead atoms. The third kappa shape index (κ3) is 2.48. The molecule has 0 aromatic carbocycles. The lowest BCUT2D eigenvalue weighted by Gasteiger charge is -2.13. The van der Waals surface area contributed by atoms with Crippen molar-refractivity contribution in [3.05, 3.63) is 0 Å². The molecule has 1 saturated carbocycles. The Hall–Kier alpha value is -0.0400. The van der Waals surface area contributed by atoms with Gasteiger partial charge >= 0.3 is 0 Å². The van der Waals surface area contributed by atoms with Crippen molar-refractivity contribution in [2.45, 2.75) is 40.5 Å². The second kappa shape index (κ2) is 3.78. The van der Waals surface area contributed by atoms with Crippen molar-refractivity contribution < 1.29 is 0 Å². The first-order valence-electron chi connectivity index (χ1n) is 5.29. The maximum absolute atomic E-state index is 3.44.